The number of hydrogen-bond donors (Lipinski definition) is 0. The van der Waals surface area contributed by atoms with Crippen LogP contribution in [0.15, 0.2) is 66.7 Å². The predicted molar refractivity (Wildman–Crippen MR) is 115 cm³/mol. The van der Waals surface area contributed by atoms with Gasteiger partial charge < -0.3 is 4.74 Å². The van der Waals surface area contributed by atoms with Gasteiger partial charge in [0.05, 0.1) is 6.54 Å². The van der Waals surface area contributed by atoms with Crippen molar-refractivity contribution < 1.29 is 14.3 Å². The number of carbonyl (C=O) groups excluding carboxylic acids is 2. The number of ether oxygens (including phenoxy) is 1. The van der Waals surface area contributed by atoms with E-state index in [1.165, 1.54) is 0 Å². The van der Waals surface area contributed by atoms with Crippen LogP contribution in [0.5, 0.6) is 5.75 Å². The number of rotatable bonds is 6. The first kappa shape index (κ1) is 19.3. The van der Waals surface area contributed by atoms with Gasteiger partial charge in [-0.15, -0.1) is 0 Å². The predicted octanol–water partition coefficient (Wildman–Crippen LogP) is 4.77. The molecule has 1 aliphatic heterocycles. The van der Waals surface area contributed by atoms with Crippen LogP contribution in [0.1, 0.15) is 40.5 Å². The normalized spacial score (nSPS) is 15.3. The van der Waals surface area contributed by atoms with E-state index in [4.69, 9.17) is 4.74 Å². The number of ketones is 2. The van der Waals surface area contributed by atoms with Crippen molar-refractivity contribution in [1.82, 2.24) is 4.90 Å². The molecule has 1 fully saturated rings. The Hall–Kier alpha value is -2.98. The van der Waals surface area contributed by atoms with Gasteiger partial charge in [-0.25, -0.2) is 0 Å². The van der Waals surface area contributed by atoms with Crippen LogP contribution in [0.4, 0.5) is 0 Å². The van der Waals surface area contributed by atoms with Gasteiger partial charge in [0.1, 0.15) is 11.9 Å². The quantitative estimate of drug-likeness (QED) is 0.572. The third-order valence-corrected chi connectivity index (χ3v) is 5.54. The highest BCUT2D eigenvalue weighted by molar-refractivity contribution is 6.01. The van der Waals surface area contributed by atoms with Gasteiger partial charge in [-0.1, -0.05) is 36.4 Å². The first-order chi connectivity index (χ1) is 14.1. The number of benzene rings is 3. The average molecular weight is 387 g/mol. The molecule has 0 N–H and O–H groups in total. The molecule has 0 radical (unpaired) electrons. The molecule has 4 rings (SSSR count). The molecule has 0 aromatic heterocycles. The molecule has 0 aliphatic carbocycles. The van der Waals surface area contributed by atoms with Gasteiger partial charge >= 0.3 is 0 Å². The topological polar surface area (TPSA) is 46.6 Å². The van der Waals surface area contributed by atoms with Gasteiger partial charge in [-0.05, 0) is 60.9 Å². The molecule has 3 aromatic carbocycles. The second kappa shape index (κ2) is 8.58. The van der Waals surface area contributed by atoms with Crippen molar-refractivity contribution in [2.75, 3.05) is 19.6 Å². The molecule has 0 unspecified atom stereocenters. The van der Waals surface area contributed by atoms with Gasteiger partial charge in [0.15, 0.2) is 11.6 Å². The van der Waals surface area contributed by atoms with Crippen LogP contribution in [0.25, 0.3) is 10.8 Å². The maximum atomic E-state index is 12.7. The molecule has 1 aliphatic rings. The van der Waals surface area contributed by atoms with Crippen LogP contribution >= 0.6 is 0 Å². The minimum absolute atomic E-state index is 0.0564. The lowest BCUT2D eigenvalue weighted by atomic mass is 10.0. The highest BCUT2D eigenvalue weighted by atomic mass is 16.5. The molecule has 4 nitrogen and oxygen atoms in total. The molecule has 0 bridgehead atoms. The van der Waals surface area contributed by atoms with E-state index in [9.17, 15) is 9.59 Å². The van der Waals surface area contributed by atoms with Crippen LogP contribution < -0.4 is 4.74 Å². The molecule has 29 heavy (non-hydrogen) atoms. The minimum Gasteiger partial charge on any atom is -0.490 e. The van der Waals surface area contributed by atoms with Crippen LogP contribution in [0.3, 0.4) is 0 Å². The van der Waals surface area contributed by atoms with Gasteiger partial charge in [0.25, 0.3) is 0 Å². The fourth-order valence-electron chi connectivity index (χ4n) is 3.80. The summed E-state index contributed by atoms with van der Waals surface area (Å²) in [5, 5.41) is 2.25. The van der Waals surface area contributed by atoms with Crippen LogP contribution in [-0.2, 0) is 0 Å². The first-order valence-corrected chi connectivity index (χ1v) is 10.1. The molecule has 148 valence electrons. The van der Waals surface area contributed by atoms with Crippen molar-refractivity contribution in [3.05, 3.63) is 77.9 Å². The lowest BCUT2D eigenvalue weighted by molar-refractivity contribution is 0.0790. The Morgan fingerprint density at radius 3 is 2.24 bits per heavy atom. The van der Waals surface area contributed by atoms with E-state index in [0.29, 0.717) is 12.1 Å². The smallest absolute Gasteiger partial charge is 0.176 e. The Morgan fingerprint density at radius 2 is 1.55 bits per heavy atom. The summed E-state index contributed by atoms with van der Waals surface area (Å²) in [6, 6.07) is 21.3. The lowest BCUT2D eigenvalue weighted by Crippen LogP contribution is -2.40. The summed E-state index contributed by atoms with van der Waals surface area (Å²) in [7, 11) is 0. The molecule has 0 spiro atoms. The summed E-state index contributed by atoms with van der Waals surface area (Å²) in [6.45, 7) is 3.69. The van der Waals surface area contributed by atoms with E-state index in [1.54, 1.807) is 19.1 Å². The molecular weight excluding hydrogens is 362 g/mol. The number of likely N-dealkylation sites (tertiary alicyclic amines) is 1. The van der Waals surface area contributed by atoms with Gasteiger partial charge in [-0.2, -0.15) is 0 Å². The summed E-state index contributed by atoms with van der Waals surface area (Å²) in [5.41, 5.74) is 1.46. The standard InChI is InChI=1S/C25H25NO3/c1-18(27)19-8-10-23(11-9-19)29-24-12-14-26(15-13-24)17-25(28)22-7-6-20-4-2-3-5-21(20)16-22/h2-11,16,24H,12-15,17H2,1H3. The number of hydrogen-bond acceptors (Lipinski definition) is 4. The Bertz CT molecular complexity index is 1020. The second-order valence-corrected chi connectivity index (χ2v) is 7.66. The molecule has 4 heteroatoms. The van der Waals surface area contributed by atoms with E-state index in [0.717, 1.165) is 48.0 Å². The zero-order valence-corrected chi connectivity index (χ0v) is 16.6. The van der Waals surface area contributed by atoms with Crippen molar-refractivity contribution in [3.8, 4) is 5.75 Å². The molecule has 1 saturated heterocycles. The Balaban J connectivity index is 1.29. The third-order valence-electron chi connectivity index (χ3n) is 5.54. The summed E-state index contributed by atoms with van der Waals surface area (Å²) < 4.78 is 6.05. The van der Waals surface area contributed by atoms with Gasteiger partial charge in [0.2, 0.25) is 0 Å². The van der Waals surface area contributed by atoms with Crippen molar-refractivity contribution in [2.45, 2.75) is 25.9 Å². The highest BCUT2D eigenvalue weighted by Gasteiger charge is 2.22. The molecule has 0 amide bonds. The van der Waals surface area contributed by atoms with Gasteiger partial charge in [-0.3, -0.25) is 14.5 Å². The van der Waals surface area contributed by atoms with E-state index in [2.05, 4.69) is 11.0 Å². The average Bonchev–Trinajstić information content (AvgIpc) is 2.75. The van der Waals surface area contributed by atoms with Crippen molar-refractivity contribution in [1.29, 1.82) is 0 Å². The van der Waals surface area contributed by atoms with Crippen molar-refractivity contribution >= 4 is 22.3 Å². The Morgan fingerprint density at radius 1 is 0.897 bits per heavy atom. The fraction of sp³-hybridized carbons (Fsp3) is 0.280. The SMILES string of the molecule is CC(=O)c1ccc(OC2CCN(CC(=O)c3ccc4ccccc4c3)CC2)cc1. The van der Waals surface area contributed by atoms with Gasteiger partial charge in [0, 0.05) is 24.2 Å². The van der Waals surface area contributed by atoms with E-state index in [-0.39, 0.29) is 17.7 Å². The van der Waals surface area contributed by atoms with E-state index < -0.39 is 0 Å². The first-order valence-electron chi connectivity index (χ1n) is 10.1. The summed E-state index contributed by atoms with van der Waals surface area (Å²) in [5.74, 6) is 1.01. The number of fused-ring (bicyclic) bond motifs is 1. The molecule has 1 heterocycles. The molecular formula is C25H25NO3. The van der Waals surface area contributed by atoms with Crippen molar-refractivity contribution in [2.24, 2.45) is 0 Å². The monoisotopic (exact) mass is 387 g/mol. The summed E-state index contributed by atoms with van der Waals surface area (Å²) >= 11 is 0. The lowest BCUT2D eigenvalue weighted by Gasteiger charge is -2.31. The van der Waals surface area contributed by atoms with Crippen LogP contribution in [0.2, 0.25) is 0 Å². The maximum absolute atomic E-state index is 12.7. The fourth-order valence-corrected chi connectivity index (χ4v) is 3.80. The maximum Gasteiger partial charge on any atom is 0.176 e. The van der Waals surface area contributed by atoms with Crippen LogP contribution in [0, 0.1) is 0 Å². The molecule has 0 atom stereocenters. The van der Waals surface area contributed by atoms with E-state index in [1.807, 2.05) is 48.5 Å². The minimum atomic E-state index is 0.0564. The highest BCUT2D eigenvalue weighted by Crippen LogP contribution is 2.21. The number of carbonyl (C=O) groups is 2. The molecule has 0 saturated carbocycles. The summed E-state index contributed by atoms with van der Waals surface area (Å²) in [4.78, 5) is 26.3. The number of nitrogens with zero attached hydrogens (tertiary/aromatic N) is 1. The Kier molecular flexibility index (Phi) is 5.72. The van der Waals surface area contributed by atoms with Crippen molar-refractivity contribution in [3.63, 3.8) is 0 Å². The Labute approximate surface area is 171 Å². The third kappa shape index (κ3) is 4.72. The van der Waals surface area contributed by atoms with E-state index >= 15 is 0 Å². The number of Topliss-reactive ketones (excluding diaryl/α,β-unsaturated/α-hetero) is 2. The molecule has 3 aromatic rings. The zero-order chi connectivity index (χ0) is 20.2. The van der Waals surface area contributed by atoms with Crippen LogP contribution in [-0.4, -0.2) is 42.2 Å². The largest absolute Gasteiger partial charge is 0.490 e. The second-order valence-electron chi connectivity index (χ2n) is 7.66. The summed E-state index contributed by atoms with van der Waals surface area (Å²) in [6.07, 6.45) is 1.92. The zero-order valence-electron chi connectivity index (χ0n) is 16.6. The number of piperidine rings is 1.